The Kier molecular flexibility index (Phi) is 4.87. The third kappa shape index (κ3) is 3.75. The van der Waals surface area contributed by atoms with Crippen molar-refractivity contribution in [1.82, 2.24) is 9.88 Å². The van der Waals surface area contributed by atoms with E-state index in [2.05, 4.69) is 4.98 Å². The summed E-state index contributed by atoms with van der Waals surface area (Å²) in [7, 11) is 0. The maximum Gasteiger partial charge on any atom is 0.223 e. The molecule has 1 saturated heterocycles. The van der Waals surface area contributed by atoms with E-state index in [-0.39, 0.29) is 12.0 Å². The predicted octanol–water partition coefficient (Wildman–Crippen LogP) is 0.622. The fraction of sp³-hybridized carbons (Fsp3) is 0.571. The Morgan fingerprint density at radius 2 is 2.42 bits per heavy atom. The van der Waals surface area contributed by atoms with Crippen molar-refractivity contribution in [2.75, 3.05) is 19.7 Å². The van der Waals surface area contributed by atoms with Crippen molar-refractivity contribution in [1.29, 1.82) is 0 Å². The summed E-state index contributed by atoms with van der Waals surface area (Å²) >= 11 is 0. The van der Waals surface area contributed by atoms with E-state index in [4.69, 9.17) is 4.74 Å². The molecule has 0 saturated carbocycles. The van der Waals surface area contributed by atoms with Crippen molar-refractivity contribution in [3.8, 4) is 0 Å². The van der Waals surface area contributed by atoms with Crippen LogP contribution in [0.3, 0.4) is 0 Å². The van der Waals surface area contributed by atoms with E-state index in [0.29, 0.717) is 32.5 Å². The summed E-state index contributed by atoms with van der Waals surface area (Å²) in [4.78, 5) is 17.8. The van der Waals surface area contributed by atoms with Gasteiger partial charge in [-0.15, -0.1) is 0 Å². The molecule has 1 aliphatic rings. The maximum atomic E-state index is 12.1. The molecule has 0 radical (unpaired) electrons. The first-order valence-corrected chi connectivity index (χ1v) is 6.67. The molecule has 2 atom stereocenters. The second kappa shape index (κ2) is 6.63. The number of hydrogen-bond acceptors (Lipinski definition) is 4. The molecule has 1 fully saturated rings. The molecular weight excluding hydrogens is 244 g/mol. The molecule has 5 nitrogen and oxygen atoms in total. The van der Waals surface area contributed by atoms with E-state index in [9.17, 15) is 9.90 Å². The topological polar surface area (TPSA) is 62.7 Å². The lowest BCUT2D eigenvalue weighted by molar-refractivity contribution is -0.130. The van der Waals surface area contributed by atoms with Gasteiger partial charge in [0, 0.05) is 38.5 Å². The lowest BCUT2D eigenvalue weighted by Gasteiger charge is -2.15. The number of β-amino-alcohol motifs (C(OH)–C–C–N with tert-alkyl or cyclic N) is 1. The normalized spacial score (nSPS) is 22.7. The highest BCUT2D eigenvalue weighted by atomic mass is 16.5. The van der Waals surface area contributed by atoms with Gasteiger partial charge < -0.3 is 14.7 Å². The summed E-state index contributed by atoms with van der Waals surface area (Å²) < 4.78 is 5.40. The Morgan fingerprint density at radius 1 is 1.58 bits per heavy atom. The number of carbonyl (C=O) groups is 1. The average molecular weight is 264 g/mol. The Morgan fingerprint density at radius 3 is 3.11 bits per heavy atom. The molecule has 0 aromatic carbocycles. The number of rotatable bonds is 5. The Bertz CT molecular complexity index is 410. The standard InChI is InChI=1S/C14H20N2O3/c1-2-19-13-10-16(9-12(13)17)14(18)6-5-11-4-3-7-15-8-11/h3-4,7-8,12-13,17H,2,5-6,9-10H2,1H3/t12-,13-/m1/s1. The van der Waals surface area contributed by atoms with Gasteiger partial charge in [0.2, 0.25) is 5.91 Å². The molecule has 1 aromatic rings. The predicted molar refractivity (Wildman–Crippen MR) is 70.6 cm³/mol. The molecule has 2 heterocycles. The van der Waals surface area contributed by atoms with E-state index in [1.807, 2.05) is 19.1 Å². The summed E-state index contributed by atoms with van der Waals surface area (Å²) in [6.07, 6.45) is 3.80. The minimum absolute atomic E-state index is 0.0603. The molecule has 0 unspecified atom stereocenters. The number of aromatic nitrogens is 1. The van der Waals surface area contributed by atoms with Crippen LogP contribution in [0.4, 0.5) is 0 Å². The number of aliphatic hydroxyl groups is 1. The van der Waals surface area contributed by atoms with Crippen molar-refractivity contribution in [3.63, 3.8) is 0 Å². The second-order valence-electron chi connectivity index (χ2n) is 4.72. The molecule has 1 amide bonds. The van der Waals surface area contributed by atoms with Gasteiger partial charge in [-0.3, -0.25) is 9.78 Å². The highest BCUT2D eigenvalue weighted by Crippen LogP contribution is 2.15. The zero-order chi connectivity index (χ0) is 13.7. The minimum Gasteiger partial charge on any atom is -0.388 e. The van der Waals surface area contributed by atoms with Crippen molar-refractivity contribution in [2.24, 2.45) is 0 Å². The molecule has 104 valence electrons. The van der Waals surface area contributed by atoms with Crippen molar-refractivity contribution < 1.29 is 14.6 Å². The van der Waals surface area contributed by atoms with Gasteiger partial charge in [0.05, 0.1) is 6.10 Å². The van der Waals surface area contributed by atoms with E-state index < -0.39 is 6.10 Å². The number of pyridine rings is 1. The number of nitrogens with zero attached hydrogens (tertiary/aromatic N) is 2. The van der Waals surface area contributed by atoms with Crippen LogP contribution >= 0.6 is 0 Å². The van der Waals surface area contributed by atoms with E-state index >= 15 is 0 Å². The van der Waals surface area contributed by atoms with Gasteiger partial charge in [0.1, 0.15) is 6.10 Å². The van der Waals surface area contributed by atoms with Crippen LogP contribution in [0.2, 0.25) is 0 Å². The van der Waals surface area contributed by atoms with E-state index in [1.165, 1.54) is 0 Å². The fourth-order valence-electron chi connectivity index (χ4n) is 2.29. The van der Waals surface area contributed by atoms with Crippen LogP contribution < -0.4 is 0 Å². The zero-order valence-corrected chi connectivity index (χ0v) is 11.2. The second-order valence-corrected chi connectivity index (χ2v) is 4.72. The molecular formula is C14H20N2O3. The first-order valence-electron chi connectivity index (χ1n) is 6.67. The zero-order valence-electron chi connectivity index (χ0n) is 11.2. The third-order valence-electron chi connectivity index (χ3n) is 3.32. The van der Waals surface area contributed by atoms with Gasteiger partial charge in [0.25, 0.3) is 0 Å². The first-order chi connectivity index (χ1) is 9.20. The summed E-state index contributed by atoms with van der Waals surface area (Å²) in [5.41, 5.74) is 1.05. The molecule has 0 bridgehead atoms. The van der Waals surface area contributed by atoms with Gasteiger partial charge >= 0.3 is 0 Å². The van der Waals surface area contributed by atoms with Gasteiger partial charge in [-0.05, 0) is 25.0 Å². The Hall–Kier alpha value is -1.46. The van der Waals surface area contributed by atoms with Gasteiger partial charge in [-0.1, -0.05) is 6.07 Å². The minimum atomic E-state index is -0.567. The van der Waals surface area contributed by atoms with Gasteiger partial charge in [-0.2, -0.15) is 0 Å². The van der Waals surface area contributed by atoms with Crippen LogP contribution in [0.5, 0.6) is 0 Å². The number of ether oxygens (including phenoxy) is 1. The summed E-state index contributed by atoms with van der Waals surface area (Å²) in [6.45, 7) is 3.30. The summed E-state index contributed by atoms with van der Waals surface area (Å²) in [6, 6.07) is 3.83. The van der Waals surface area contributed by atoms with Crippen molar-refractivity contribution in [2.45, 2.75) is 32.0 Å². The number of aliphatic hydroxyl groups excluding tert-OH is 1. The smallest absolute Gasteiger partial charge is 0.223 e. The SMILES string of the molecule is CCO[C@@H]1CN(C(=O)CCc2cccnc2)C[C@H]1O. The van der Waals surface area contributed by atoms with E-state index in [0.717, 1.165) is 5.56 Å². The first kappa shape index (κ1) is 14.0. The van der Waals surface area contributed by atoms with E-state index in [1.54, 1.807) is 17.3 Å². The maximum absolute atomic E-state index is 12.1. The summed E-state index contributed by atoms with van der Waals surface area (Å²) in [5.74, 6) is 0.0603. The van der Waals surface area contributed by atoms with Gasteiger partial charge in [0.15, 0.2) is 0 Å². The van der Waals surface area contributed by atoms with Crippen molar-refractivity contribution >= 4 is 5.91 Å². The number of amides is 1. The van der Waals surface area contributed by atoms with Crippen LogP contribution in [-0.4, -0.2) is 52.8 Å². The Labute approximate surface area is 113 Å². The number of carbonyl (C=O) groups excluding carboxylic acids is 1. The molecule has 0 spiro atoms. The third-order valence-corrected chi connectivity index (χ3v) is 3.32. The highest BCUT2D eigenvalue weighted by molar-refractivity contribution is 5.76. The molecule has 0 aliphatic carbocycles. The number of likely N-dealkylation sites (tertiary alicyclic amines) is 1. The number of hydrogen-bond donors (Lipinski definition) is 1. The van der Waals surface area contributed by atoms with Crippen molar-refractivity contribution in [3.05, 3.63) is 30.1 Å². The molecule has 19 heavy (non-hydrogen) atoms. The monoisotopic (exact) mass is 264 g/mol. The Balaban J connectivity index is 1.81. The molecule has 1 aromatic heterocycles. The van der Waals surface area contributed by atoms with Gasteiger partial charge in [-0.25, -0.2) is 0 Å². The quantitative estimate of drug-likeness (QED) is 0.847. The van der Waals surface area contributed by atoms with Crippen LogP contribution in [-0.2, 0) is 16.0 Å². The lowest BCUT2D eigenvalue weighted by Crippen LogP contribution is -2.30. The molecule has 1 N–H and O–H groups in total. The molecule has 1 aliphatic heterocycles. The van der Waals surface area contributed by atoms with Crippen LogP contribution in [0.15, 0.2) is 24.5 Å². The summed E-state index contributed by atoms with van der Waals surface area (Å²) in [5, 5.41) is 9.80. The van der Waals surface area contributed by atoms with Crippen LogP contribution in [0, 0.1) is 0 Å². The highest BCUT2D eigenvalue weighted by Gasteiger charge is 2.33. The lowest BCUT2D eigenvalue weighted by atomic mass is 10.1. The molecule has 5 heteroatoms. The van der Waals surface area contributed by atoms with Crippen LogP contribution in [0.1, 0.15) is 18.9 Å². The molecule has 2 rings (SSSR count). The van der Waals surface area contributed by atoms with Crippen LogP contribution in [0.25, 0.3) is 0 Å². The number of aryl methyl sites for hydroxylation is 1. The fourth-order valence-corrected chi connectivity index (χ4v) is 2.29. The largest absolute Gasteiger partial charge is 0.388 e. The average Bonchev–Trinajstić information content (AvgIpc) is 2.79.